The molecular weight excluding hydrogens is 320 g/mol. The van der Waals surface area contributed by atoms with E-state index in [4.69, 9.17) is 16.1 Å². The van der Waals surface area contributed by atoms with Crippen LogP contribution in [0, 0.1) is 0 Å². The van der Waals surface area contributed by atoms with Gasteiger partial charge in [-0.2, -0.15) is 0 Å². The number of nitrogens with one attached hydrogen (secondary N) is 1. The molecule has 1 aromatic heterocycles. The Morgan fingerprint density at radius 2 is 1.71 bits per heavy atom. The van der Waals surface area contributed by atoms with Crippen molar-refractivity contribution in [3.8, 4) is 11.1 Å². The van der Waals surface area contributed by atoms with Gasteiger partial charge in [0, 0.05) is 11.6 Å². The van der Waals surface area contributed by atoms with Crippen LogP contribution >= 0.6 is 11.6 Å². The maximum Gasteiger partial charge on any atom is 0.177 e. The van der Waals surface area contributed by atoms with Gasteiger partial charge in [0.2, 0.25) is 0 Å². The van der Waals surface area contributed by atoms with E-state index >= 15 is 0 Å². The second-order valence-corrected chi connectivity index (χ2v) is 6.03. The van der Waals surface area contributed by atoms with Crippen molar-refractivity contribution in [2.24, 2.45) is 0 Å². The highest BCUT2D eigenvalue weighted by Gasteiger charge is 2.09. The highest BCUT2D eigenvalue weighted by atomic mass is 35.5. The SMILES string of the molecule is Clc1cccc(-c2ccc3c(NCc4ccccc4)noc3c2)c1. The molecular formula is C20H15ClN2O. The minimum absolute atomic E-state index is 0.707. The number of hydrogen-bond acceptors (Lipinski definition) is 3. The van der Waals surface area contributed by atoms with E-state index in [0.717, 1.165) is 32.9 Å². The zero-order valence-corrected chi connectivity index (χ0v) is 13.6. The molecule has 0 saturated heterocycles. The van der Waals surface area contributed by atoms with Crippen molar-refractivity contribution < 1.29 is 4.52 Å². The van der Waals surface area contributed by atoms with Gasteiger partial charge < -0.3 is 9.84 Å². The average Bonchev–Trinajstić information content (AvgIpc) is 3.03. The van der Waals surface area contributed by atoms with Gasteiger partial charge >= 0.3 is 0 Å². The van der Waals surface area contributed by atoms with E-state index in [2.05, 4.69) is 28.7 Å². The molecule has 4 rings (SSSR count). The number of benzene rings is 3. The van der Waals surface area contributed by atoms with Crippen molar-refractivity contribution in [2.45, 2.75) is 6.54 Å². The molecule has 4 aromatic rings. The maximum absolute atomic E-state index is 6.07. The fourth-order valence-electron chi connectivity index (χ4n) is 2.69. The molecule has 0 unspecified atom stereocenters. The van der Waals surface area contributed by atoms with Crippen LogP contribution in [0.1, 0.15) is 5.56 Å². The molecule has 3 aromatic carbocycles. The minimum Gasteiger partial charge on any atom is -0.363 e. The van der Waals surface area contributed by atoms with E-state index in [1.54, 1.807) is 0 Å². The summed E-state index contributed by atoms with van der Waals surface area (Å²) >= 11 is 6.07. The average molecular weight is 335 g/mol. The molecule has 0 radical (unpaired) electrons. The third kappa shape index (κ3) is 2.99. The first-order valence-corrected chi connectivity index (χ1v) is 8.10. The van der Waals surface area contributed by atoms with Crippen molar-refractivity contribution in [1.29, 1.82) is 0 Å². The lowest BCUT2D eigenvalue weighted by atomic mass is 10.0. The number of halogens is 1. The molecule has 0 bridgehead atoms. The highest BCUT2D eigenvalue weighted by molar-refractivity contribution is 6.30. The largest absolute Gasteiger partial charge is 0.363 e. The molecule has 4 heteroatoms. The van der Waals surface area contributed by atoms with E-state index in [-0.39, 0.29) is 0 Å². The lowest BCUT2D eigenvalue weighted by molar-refractivity contribution is 0.459. The van der Waals surface area contributed by atoms with Gasteiger partial charge in [0.05, 0.1) is 5.39 Å². The Hall–Kier alpha value is -2.78. The van der Waals surface area contributed by atoms with Crippen LogP contribution in [0.4, 0.5) is 5.82 Å². The van der Waals surface area contributed by atoms with Gasteiger partial charge in [-0.3, -0.25) is 0 Å². The van der Waals surface area contributed by atoms with E-state index in [0.29, 0.717) is 6.54 Å². The van der Waals surface area contributed by atoms with Gasteiger partial charge in [0.25, 0.3) is 0 Å². The Labute approximate surface area is 144 Å². The molecule has 0 aliphatic rings. The van der Waals surface area contributed by atoms with Crippen LogP contribution in [-0.2, 0) is 6.54 Å². The monoisotopic (exact) mass is 334 g/mol. The Morgan fingerprint density at radius 3 is 2.54 bits per heavy atom. The third-order valence-corrected chi connectivity index (χ3v) is 4.17. The summed E-state index contributed by atoms with van der Waals surface area (Å²) in [5.41, 5.74) is 4.06. The van der Waals surface area contributed by atoms with E-state index in [1.165, 1.54) is 5.56 Å². The van der Waals surface area contributed by atoms with E-state index in [1.807, 2.05) is 54.6 Å². The lowest BCUT2D eigenvalue weighted by Crippen LogP contribution is -1.99. The predicted molar refractivity (Wildman–Crippen MR) is 98.2 cm³/mol. The molecule has 24 heavy (non-hydrogen) atoms. The third-order valence-electron chi connectivity index (χ3n) is 3.93. The summed E-state index contributed by atoms with van der Waals surface area (Å²) in [6.45, 7) is 0.707. The Bertz CT molecular complexity index is 979. The molecule has 3 nitrogen and oxygen atoms in total. The molecule has 0 aliphatic carbocycles. The zero-order valence-electron chi connectivity index (χ0n) is 12.9. The summed E-state index contributed by atoms with van der Waals surface area (Å²) in [7, 11) is 0. The maximum atomic E-state index is 6.07. The lowest BCUT2D eigenvalue weighted by Gasteiger charge is -2.04. The molecule has 1 N–H and O–H groups in total. The first kappa shape index (κ1) is 14.8. The Kier molecular flexibility index (Phi) is 3.93. The van der Waals surface area contributed by atoms with Gasteiger partial charge in [0.1, 0.15) is 0 Å². The van der Waals surface area contributed by atoms with E-state index in [9.17, 15) is 0 Å². The molecule has 1 heterocycles. The summed E-state index contributed by atoms with van der Waals surface area (Å²) in [6, 6.07) is 24.0. The van der Waals surface area contributed by atoms with Gasteiger partial charge in [-0.25, -0.2) is 0 Å². The van der Waals surface area contributed by atoms with Crippen LogP contribution in [0.25, 0.3) is 22.1 Å². The molecule has 118 valence electrons. The molecule has 0 atom stereocenters. The summed E-state index contributed by atoms with van der Waals surface area (Å²) in [6.07, 6.45) is 0. The van der Waals surface area contributed by atoms with Crippen molar-refractivity contribution in [1.82, 2.24) is 5.16 Å². The molecule has 0 amide bonds. The summed E-state index contributed by atoms with van der Waals surface area (Å²) in [5, 5.41) is 9.16. The van der Waals surface area contributed by atoms with Crippen LogP contribution in [0.5, 0.6) is 0 Å². The molecule has 0 fully saturated rings. The first-order valence-electron chi connectivity index (χ1n) is 7.73. The normalized spacial score (nSPS) is 10.9. The zero-order chi connectivity index (χ0) is 16.4. The first-order chi connectivity index (χ1) is 11.8. The van der Waals surface area contributed by atoms with Crippen molar-refractivity contribution in [3.05, 3.63) is 83.4 Å². The van der Waals surface area contributed by atoms with Crippen molar-refractivity contribution in [2.75, 3.05) is 5.32 Å². The van der Waals surface area contributed by atoms with Crippen LogP contribution in [0.2, 0.25) is 5.02 Å². The molecule has 0 spiro atoms. The quantitative estimate of drug-likeness (QED) is 0.515. The minimum atomic E-state index is 0.707. The molecule has 0 aliphatic heterocycles. The van der Waals surface area contributed by atoms with Gasteiger partial charge in [-0.05, 0) is 41.0 Å². The number of aromatic nitrogens is 1. The second kappa shape index (κ2) is 6.38. The van der Waals surface area contributed by atoms with Crippen LogP contribution in [-0.4, -0.2) is 5.16 Å². The Morgan fingerprint density at radius 1 is 0.875 bits per heavy atom. The van der Waals surface area contributed by atoms with E-state index < -0.39 is 0 Å². The fraction of sp³-hybridized carbons (Fsp3) is 0.0500. The number of hydrogen-bond donors (Lipinski definition) is 1. The second-order valence-electron chi connectivity index (χ2n) is 5.59. The van der Waals surface area contributed by atoms with Crippen LogP contribution < -0.4 is 5.32 Å². The smallest absolute Gasteiger partial charge is 0.177 e. The van der Waals surface area contributed by atoms with Gasteiger partial charge in [-0.1, -0.05) is 65.3 Å². The number of fused-ring (bicyclic) bond motifs is 1. The standard InChI is InChI=1S/C20H15ClN2O/c21-17-8-4-7-15(11-17)16-9-10-18-19(12-16)24-23-20(18)22-13-14-5-2-1-3-6-14/h1-12H,13H2,(H,22,23). The number of rotatable bonds is 4. The summed E-state index contributed by atoms with van der Waals surface area (Å²) in [4.78, 5) is 0. The topological polar surface area (TPSA) is 38.1 Å². The number of nitrogens with zero attached hydrogens (tertiary/aromatic N) is 1. The van der Waals surface area contributed by atoms with Gasteiger partial charge in [-0.15, -0.1) is 0 Å². The van der Waals surface area contributed by atoms with Crippen LogP contribution in [0.3, 0.4) is 0 Å². The highest BCUT2D eigenvalue weighted by Crippen LogP contribution is 2.29. The number of anilines is 1. The summed E-state index contributed by atoms with van der Waals surface area (Å²) in [5.74, 6) is 0.756. The predicted octanol–water partition coefficient (Wildman–Crippen LogP) is 5.76. The molecule has 0 saturated carbocycles. The van der Waals surface area contributed by atoms with Crippen molar-refractivity contribution >= 4 is 28.4 Å². The summed E-state index contributed by atoms with van der Waals surface area (Å²) < 4.78 is 5.48. The van der Waals surface area contributed by atoms with Crippen molar-refractivity contribution in [3.63, 3.8) is 0 Å². The fourth-order valence-corrected chi connectivity index (χ4v) is 2.88. The Balaban J connectivity index is 1.61. The van der Waals surface area contributed by atoms with Gasteiger partial charge in [0.15, 0.2) is 11.4 Å². The van der Waals surface area contributed by atoms with Crippen LogP contribution in [0.15, 0.2) is 77.3 Å².